The van der Waals surface area contributed by atoms with Crippen molar-refractivity contribution in [1.29, 1.82) is 0 Å². The number of rotatable bonds is 5. The van der Waals surface area contributed by atoms with Crippen LogP contribution in [0.3, 0.4) is 0 Å². The van der Waals surface area contributed by atoms with Crippen LogP contribution in [-0.2, 0) is 11.8 Å². The highest BCUT2D eigenvalue weighted by molar-refractivity contribution is 5.13. The maximum absolute atomic E-state index is 6.03. The lowest BCUT2D eigenvalue weighted by Gasteiger charge is -2.32. The minimum absolute atomic E-state index is 0.125. The third-order valence-corrected chi connectivity index (χ3v) is 4.51. The number of aromatic nitrogens is 4. The lowest BCUT2D eigenvalue weighted by Crippen LogP contribution is -2.33. The van der Waals surface area contributed by atoms with Crippen molar-refractivity contribution in [2.75, 3.05) is 13.2 Å². The molecule has 1 unspecified atom stereocenters. The molecule has 0 radical (unpaired) electrons. The molecule has 2 aromatic heterocycles. The smallest absolute Gasteiger partial charge is 0.0895 e. The van der Waals surface area contributed by atoms with E-state index in [1.54, 1.807) is 12.4 Å². The first-order valence-electron chi connectivity index (χ1n) is 8.26. The molecule has 124 valence electrons. The van der Waals surface area contributed by atoms with Crippen LogP contribution in [0.25, 0.3) is 0 Å². The van der Waals surface area contributed by atoms with Crippen LogP contribution in [0, 0.1) is 12.8 Å². The molecule has 0 aliphatic carbocycles. The SMILES string of the molecule is Cc1nccnc1C(C)NC[C@@H]1CCCO[C@H]1c1cnn(C)c1. The van der Waals surface area contributed by atoms with Crippen molar-refractivity contribution in [1.82, 2.24) is 25.1 Å². The van der Waals surface area contributed by atoms with Crippen LogP contribution >= 0.6 is 0 Å². The summed E-state index contributed by atoms with van der Waals surface area (Å²) < 4.78 is 7.87. The Morgan fingerprint density at radius 2 is 2.22 bits per heavy atom. The fraction of sp³-hybridized carbons (Fsp3) is 0.588. The van der Waals surface area contributed by atoms with E-state index in [1.165, 1.54) is 12.0 Å². The van der Waals surface area contributed by atoms with Crippen LogP contribution in [0.4, 0.5) is 0 Å². The molecule has 1 N–H and O–H groups in total. The lowest BCUT2D eigenvalue weighted by molar-refractivity contribution is -0.0284. The van der Waals surface area contributed by atoms with E-state index in [2.05, 4.69) is 33.5 Å². The number of hydrogen-bond donors (Lipinski definition) is 1. The molecule has 1 aliphatic rings. The fourth-order valence-electron chi connectivity index (χ4n) is 3.28. The van der Waals surface area contributed by atoms with Gasteiger partial charge in [-0.1, -0.05) is 0 Å². The average molecular weight is 315 g/mol. The number of nitrogens with zero attached hydrogens (tertiary/aromatic N) is 4. The molecule has 6 heteroatoms. The van der Waals surface area contributed by atoms with E-state index in [1.807, 2.05) is 24.9 Å². The third kappa shape index (κ3) is 3.76. The van der Waals surface area contributed by atoms with Crippen LogP contribution in [0.5, 0.6) is 0 Å². The van der Waals surface area contributed by atoms with Gasteiger partial charge in [0.25, 0.3) is 0 Å². The molecule has 6 nitrogen and oxygen atoms in total. The second kappa shape index (κ2) is 7.19. The zero-order chi connectivity index (χ0) is 16.2. The van der Waals surface area contributed by atoms with Crippen LogP contribution in [0.1, 0.15) is 48.9 Å². The van der Waals surface area contributed by atoms with Gasteiger partial charge in [0.2, 0.25) is 0 Å². The molecule has 1 aliphatic heterocycles. The van der Waals surface area contributed by atoms with Crippen LogP contribution in [-0.4, -0.2) is 32.9 Å². The molecule has 0 bridgehead atoms. The first-order valence-corrected chi connectivity index (χ1v) is 8.26. The predicted molar refractivity (Wildman–Crippen MR) is 87.8 cm³/mol. The highest BCUT2D eigenvalue weighted by atomic mass is 16.5. The van der Waals surface area contributed by atoms with Crippen molar-refractivity contribution in [3.8, 4) is 0 Å². The molecule has 0 amide bonds. The summed E-state index contributed by atoms with van der Waals surface area (Å²) in [6.07, 6.45) is 9.86. The summed E-state index contributed by atoms with van der Waals surface area (Å²) in [6.45, 7) is 5.87. The summed E-state index contributed by atoms with van der Waals surface area (Å²) in [4.78, 5) is 8.77. The number of aryl methyl sites for hydroxylation is 2. The monoisotopic (exact) mass is 315 g/mol. The van der Waals surface area contributed by atoms with Crippen LogP contribution < -0.4 is 5.32 Å². The number of ether oxygens (including phenoxy) is 1. The Morgan fingerprint density at radius 3 is 2.96 bits per heavy atom. The summed E-state index contributed by atoms with van der Waals surface area (Å²) in [7, 11) is 1.94. The van der Waals surface area contributed by atoms with E-state index in [0.29, 0.717) is 5.92 Å². The van der Waals surface area contributed by atoms with Gasteiger partial charge in [-0.05, 0) is 26.7 Å². The minimum Gasteiger partial charge on any atom is -0.373 e. The normalized spacial score (nSPS) is 22.9. The Labute approximate surface area is 137 Å². The van der Waals surface area contributed by atoms with Crippen molar-refractivity contribution >= 4 is 0 Å². The van der Waals surface area contributed by atoms with Gasteiger partial charge in [0.15, 0.2) is 0 Å². The summed E-state index contributed by atoms with van der Waals surface area (Å²) >= 11 is 0. The maximum Gasteiger partial charge on any atom is 0.0895 e. The molecule has 3 atom stereocenters. The van der Waals surface area contributed by atoms with Gasteiger partial charge >= 0.3 is 0 Å². The predicted octanol–water partition coefficient (Wildman–Crippen LogP) is 2.34. The average Bonchev–Trinajstić information content (AvgIpc) is 2.99. The van der Waals surface area contributed by atoms with E-state index in [9.17, 15) is 0 Å². The molecule has 3 rings (SSSR count). The third-order valence-electron chi connectivity index (χ3n) is 4.51. The van der Waals surface area contributed by atoms with E-state index in [4.69, 9.17) is 4.74 Å². The Morgan fingerprint density at radius 1 is 1.39 bits per heavy atom. The summed E-state index contributed by atoms with van der Waals surface area (Å²) in [5, 5.41) is 7.88. The van der Waals surface area contributed by atoms with Crippen molar-refractivity contribution < 1.29 is 4.74 Å². The van der Waals surface area contributed by atoms with Gasteiger partial charge in [-0.2, -0.15) is 5.10 Å². The van der Waals surface area contributed by atoms with E-state index >= 15 is 0 Å². The number of hydrogen-bond acceptors (Lipinski definition) is 5. The largest absolute Gasteiger partial charge is 0.373 e. The zero-order valence-corrected chi connectivity index (χ0v) is 14.1. The second-order valence-corrected chi connectivity index (χ2v) is 6.30. The molecular formula is C17H25N5O. The van der Waals surface area contributed by atoms with Crippen molar-refractivity contribution in [3.05, 3.63) is 41.7 Å². The quantitative estimate of drug-likeness (QED) is 0.917. The van der Waals surface area contributed by atoms with E-state index in [0.717, 1.165) is 31.0 Å². The van der Waals surface area contributed by atoms with Gasteiger partial charge in [0.05, 0.1) is 23.7 Å². The van der Waals surface area contributed by atoms with Gasteiger partial charge in [-0.25, -0.2) is 0 Å². The summed E-state index contributed by atoms with van der Waals surface area (Å²) in [5.41, 5.74) is 3.17. The van der Waals surface area contributed by atoms with Crippen molar-refractivity contribution in [3.63, 3.8) is 0 Å². The second-order valence-electron chi connectivity index (χ2n) is 6.30. The molecule has 1 fully saturated rings. The van der Waals surface area contributed by atoms with Gasteiger partial charge in [-0.3, -0.25) is 14.6 Å². The maximum atomic E-state index is 6.03. The Kier molecular flexibility index (Phi) is 5.03. The van der Waals surface area contributed by atoms with Crippen molar-refractivity contribution in [2.45, 2.75) is 38.8 Å². The van der Waals surface area contributed by atoms with Gasteiger partial charge in [-0.15, -0.1) is 0 Å². The fourth-order valence-corrected chi connectivity index (χ4v) is 3.28. The van der Waals surface area contributed by atoms with Crippen LogP contribution in [0.15, 0.2) is 24.8 Å². The zero-order valence-electron chi connectivity index (χ0n) is 14.1. The lowest BCUT2D eigenvalue weighted by atomic mass is 9.90. The summed E-state index contributed by atoms with van der Waals surface area (Å²) in [5.74, 6) is 0.451. The molecule has 23 heavy (non-hydrogen) atoms. The highest BCUT2D eigenvalue weighted by Crippen LogP contribution is 2.33. The van der Waals surface area contributed by atoms with Gasteiger partial charge in [0, 0.05) is 56.3 Å². The molecule has 1 saturated heterocycles. The Hall–Kier alpha value is -1.79. The van der Waals surface area contributed by atoms with Crippen LogP contribution in [0.2, 0.25) is 0 Å². The Balaban J connectivity index is 1.64. The molecular weight excluding hydrogens is 290 g/mol. The van der Waals surface area contributed by atoms with Gasteiger partial charge in [0.1, 0.15) is 0 Å². The molecule has 3 heterocycles. The van der Waals surface area contributed by atoms with E-state index in [-0.39, 0.29) is 12.1 Å². The Bertz CT molecular complexity index is 641. The van der Waals surface area contributed by atoms with Gasteiger partial charge < -0.3 is 10.1 Å². The summed E-state index contributed by atoms with van der Waals surface area (Å²) in [6, 6.07) is 0.181. The molecule has 0 saturated carbocycles. The minimum atomic E-state index is 0.125. The van der Waals surface area contributed by atoms with E-state index < -0.39 is 0 Å². The highest BCUT2D eigenvalue weighted by Gasteiger charge is 2.28. The van der Waals surface area contributed by atoms with Crippen molar-refractivity contribution in [2.24, 2.45) is 13.0 Å². The molecule has 0 spiro atoms. The molecule has 0 aromatic carbocycles. The standard InChI is InChI=1S/C17H25N5O/c1-12-16(19-7-6-18-12)13(2)20-9-14-5-4-8-23-17(14)15-10-21-22(3)11-15/h6-7,10-11,13-14,17,20H,4-5,8-9H2,1-3H3/t13?,14-,17+/m0/s1. The first kappa shape index (κ1) is 16.1. The molecule has 2 aromatic rings. The number of nitrogens with one attached hydrogen (secondary N) is 1. The topological polar surface area (TPSA) is 64.9 Å². The first-order chi connectivity index (χ1) is 11.1.